The highest BCUT2D eigenvalue weighted by molar-refractivity contribution is 5.46. The minimum Gasteiger partial charge on any atom is -0.399 e. The van der Waals surface area contributed by atoms with Crippen LogP contribution in [0.25, 0.3) is 0 Å². The molecule has 100 valence electrons. The quantitative estimate of drug-likeness (QED) is 0.835. The van der Waals surface area contributed by atoms with Crippen molar-refractivity contribution in [2.45, 2.75) is 19.9 Å². The van der Waals surface area contributed by atoms with Gasteiger partial charge in [-0.3, -0.25) is 4.98 Å². The highest BCUT2D eigenvalue weighted by Crippen LogP contribution is 2.12. The minimum absolute atomic E-state index is 0.869. The van der Waals surface area contributed by atoms with Crippen LogP contribution >= 0.6 is 0 Å². The zero-order valence-electron chi connectivity index (χ0n) is 11.6. The maximum absolute atomic E-state index is 5.95. The van der Waals surface area contributed by atoms with E-state index in [0.717, 1.165) is 36.6 Å². The van der Waals surface area contributed by atoms with Crippen molar-refractivity contribution in [1.29, 1.82) is 0 Å². The zero-order chi connectivity index (χ0) is 13.7. The van der Waals surface area contributed by atoms with Crippen LogP contribution in [-0.2, 0) is 13.0 Å². The number of hydrogen-bond acceptors (Lipinski definition) is 3. The highest BCUT2D eigenvalue weighted by Gasteiger charge is 2.04. The summed E-state index contributed by atoms with van der Waals surface area (Å²) < 4.78 is 0. The summed E-state index contributed by atoms with van der Waals surface area (Å²) in [4.78, 5) is 6.79. The lowest BCUT2D eigenvalue weighted by Crippen LogP contribution is -2.21. The average molecular weight is 255 g/mol. The molecule has 2 aromatic rings. The Bertz CT molecular complexity index is 537. The SMILES string of the molecule is Cc1cccc(CN(C)CCc2ccccc2N)n1. The number of nitrogens with two attached hydrogens (primary N) is 1. The largest absolute Gasteiger partial charge is 0.399 e. The first-order valence-corrected chi connectivity index (χ1v) is 6.59. The number of aromatic nitrogens is 1. The van der Waals surface area contributed by atoms with Gasteiger partial charge in [0.05, 0.1) is 5.69 Å². The third-order valence-electron chi connectivity index (χ3n) is 3.20. The lowest BCUT2D eigenvalue weighted by Gasteiger charge is -2.17. The molecule has 0 saturated carbocycles. The standard InChI is InChI=1S/C16H21N3/c1-13-6-5-8-15(18-13)12-19(2)11-10-14-7-3-4-9-16(14)17/h3-9H,10-12,17H2,1-2H3. The summed E-state index contributed by atoms with van der Waals surface area (Å²) in [5.74, 6) is 0. The summed E-state index contributed by atoms with van der Waals surface area (Å²) in [6.45, 7) is 3.87. The van der Waals surface area contributed by atoms with Crippen molar-refractivity contribution >= 4 is 5.69 Å². The van der Waals surface area contributed by atoms with E-state index in [9.17, 15) is 0 Å². The molecule has 3 nitrogen and oxygen atoms in total. The molecule has 0 unspecified atom stereocenters. The molecule has 0 fully saturated rings. The third-order valence-corrected chi connectivity index (χ3v) is 3.20. The fourth-order valence-electron chi connectivity index (χ4n) is 2.12. The van der Waals surface area contributed by atoms with Crippen molar-refractivity contribution in [1.82, 2.24) is 9.88 Å². The van der Waals surface area contributed by atoms with Gasteiger partial charge >= 0.3 is 0 Å². The first-order chi connectivity index (χ1) is 9.15. The van der Waals surface area contributed by atoms with Gasteiger partial charge in [-0.25, -0.2) is 0 Å². The lowest BCUT2D eigenvalue weighted by molar-refractivity contribution is 0.327. The van der Waals surface area contributed by atoms with Crippen LogP contribution in [0, 0.1) is 6.92 Å². The van der Waals surface area contributed by atoms with E-state index in [4.69, 9.17) is 5.73 Å². The molecule has 0 amide bonds. The van der Waals surface area contributed by atoms with Gasteiger partial charge < -0.3 is 10.6 Å². The van der Waals surface area contributed by atoms with E-state index in [2.05, 4.69) is 35.1 Å². The van der Waals surface area contributed by atoms with Crippen LogP contribution in [0.5, 0.6) is 0 Å². The summed E-state index contributed by atoms with van der Waals surface area (Å²) in [6.07, 6.45) is 0.967. The Morgan fingerprint density at radius 2 is 1.89 bits per heavy atom. The van der Waals surface area contributed by atoms with E-state index in [1.54, 1.807) is 0 Å². The Labute approximate surface area is 115 Å². The predicted octanol–water partition coefficient (Wildman–Crippen LogP) is 2.65. The van der Waals surface area contributed by atoms with E-state index in [1.807, 2.05) is 31.2 Å². The Balaban J connectivity index is 1.88. The van der Waals surface area contributed by atoms with Crippen molar-refractivity contribution < 1.29 is 0 Å². The molecule has 0 aliphatic heterocycles. The molecule has 3 heteroatoms. The molecule has 0 bridgehead atoms. The second kappa shape index (κ2) is 6.34. The molecule has 1 aromatic heterocycles. The van der Waals surface area contributed by atoms with Crippen LogP contribution in [0.3, 0.4) is 0 Å². The van der Waals surface area contributed by atoms with Gasteiger partial charge in [0.15, 0.2) is 0 Å². The number of nitrogen functional groups attached to an aromatic ring is 1. The molecule has 19 heavy (non-hydrogen) atoms. The number of benzene rings is 1. The van der Waals surface area contributed by atoms with Crippen molar-refractivity contribution in [2.24, 2.45) is 0 Å². The molecule has 0 radical (unpaired) electrons. The fraction of sp³-hybridized carbons (Fsp3) is 0.312. The molecule has 0 aliphatic carbocycles. The van der Waals surface area contributed by atoms with Gasteiger partial charge in [-0.2, -0.15) is 0 Å². The van der Waals surface area contributed by atoms with Crippen LogP contribution in [0.2, 0.25) is 0 Å². The van der Waals surface area contributed by atoms with Gasteiger partial charge in [-0.05, 0) is 44.2 Å². The summed E-state index contributed by atoms with van der Waals surface area (Å²) in [5.41, 5.74) is 10.2. The fourth-order valence-corrected chi connectivity index (χ4v) is 2.12. The number of anilines is 1. The van der Waals surface area contributed by atoms with Crippen LogP contribution in [0.15, 0.2) is 42.5 Å². The zero-order valence-corrected chi connectivity index (χ0v) is 11.6. The van der Waals surface area contributed by atoms with Crippen LogP contribution < -0.4 is 5.73 Å². The molecular weight excluding hydrogens is 234 g/mol. The number of aryl methyl sites for hydroxylation is 1. The number of pyridine rings is 1. The molecule has 0 atom stereocenters. The van der Waals surface area contributed by atoms with Gasteiger partial charge in [0, 0.05) is 24.5 Å². The van der Waals surface area contributed by atoms with E-state index >= 15 is 0 Å². The topological polar surface area (TPSA) is 42.1 Å². The second-order valence-electron chi connectivity index (χ2n) is 4.96. The van der Waals surface area contributed by atoms with Gasteiger partial charge in [0.1, 0.15) is 0 Å². The third kappa shape index (κ3) is 4.07. The minimum atomic E-state index is 0.869. The summed E-state index contributed by atoms with van der Waals surface area (Å²) in [6, 6.07) is 14.2. The number of para-hydroxylation sites is 1. The number of rotatable bonds is 5. The monoisotopic (exact) mass is 255 g/mol. The van der Waals surface area contributed by atoms with Gasteiger partial charge in [0.2, 0.25) is 0 Å². The Morgan fingerprint density at radius 1 is 1.11 bits per heavy atom. The summed E-state index contributed by atoms with van der Waals surface area (Å²) in [7, 11) is 2.11. The summed E-state index contributed by atoms with van der Waals surface area (Å²) >= 11 is 0. The lowest BCUT2D eigenvalue weighted by atomic mass is 10.1. The first-order valence-electron chi connectivity index (χ1n) is 6.59. The van der Waals surface area contributed by atoms with E-state index in [1.165, 1.54) is 5.56 Å². The molecule has 1 aromatic carbocycles. The Kier molecular flexibility index (Phi) is 4.53. The number of likely N-dealkylation sites (N-methyl/N-ethyl adjacent to an activating group) is 1. The van der Waals surface area contributed by atoms with E-state index in [-0.39, 0.29) is 0 Å². The maximum Gasteiger partial charge on any atom is 0.0547 e. The molecule has 0 spiro atoms. The van der Waals surface area contributed by atoms with Gasteiger partial charge in [-0.15, -0.1) is 0 Å². The Morgan fingerprint density at radius 3 is 2.63 bits per heavy atom. The normalized spacial score (nSPS) is 10.9. The van der Waals surface area contributed by atoms with E-state index in [0.29, 0.717) is 0 Å². The van der Waals surface area contributed by atoms with Crippen molar-refractivity contribution in [3.63, 3.8) is 0 Å². The second-order valence-corrected chi connectivity index (χ2v) is 4.96. The Hall–Kier alpha value is -1.87. The molecule has 0 saturated heterocycles. The molecular formula is C16H21N3. The predicted molar refractivity (Wildman–Crippen MR) is 79.9 cm³/mol. The first kappa shape index (κ1) is 13.6. The van der Waals surface area contributed by atoms with Gasteiger partial charge in [-0.1, -0.05) is 24.3 Å². The molecule has 2 rings (SSSR count). The summed E-state index contributed by atoms with van der Waals surface area (Å²) in [5, 5.41) is 0. The molecule has 2 N–H and O–H groups in total. The number of hydrogen-bond donors (Lipinski definition) is 1. The maximum atomic E-state index is 5.95. The van der Waals surface area contributed by atoms with Gasteiger partial charge in [0.25, 0.3) is 0 Å². The van der Waals surface area contributed by atoms with Crippen LogP contribution in [0.1, 0.15) is 17.0 Å². The number of nitrogens with zero attached hydrogens (tertiary/aromatic N) is 2. The van der Waals surface area contributed by atoms with Crippen LogP contribution in [0.4, 0.5) is 5.69 Å². The average Bonchev–Trinajstić information content (AvgIpc) is 2.38. The highest BCUT2D eigenvalue weighted by atomic mass is 15.1. The van der Waals surface area contributed by atoms with Crippen molar-refractivity contribution in [3.8, 4) is 0 Å². The van der Waals surface area contributed by atoms with E-state index < -0.39 is 0 Å². The van der Waals surface area contributed by atoms with Crippen molar-refractivity contribution in [2.75, 3.05) is 19.3 Å². The van der Waals surface area contributed by atoms with Crippen LogP contribution in [-0.4, -0.2) is 23.5 Å². The smallest absolute Gasteiger partial charge is 0.0547 e. The van der Waals surface area contributed by atoms with Crippen molar-refractivity contribution in [3.05, 3.63) is 59.4 Å². The molecule has 0 aliphatic rings. The molecule has 1 heterocycles.